The molecule has 1 aliphatic carbocycles. The maximum atomic E-state index is 12.5. The number of amides is 2. The van der Waals surface area contributed by atoms with E-state index in [-0.39, 0.29) is 36.3 Å². The highest BCUT2D eigenvalue weighted by molar-refractivity contribution is 5.89. The first kappa shape index (κ1) is 18.2. The number of nitrogens with zero attached hydrogens (tertiary/aromatic N) is 1. The molecule has 0 spiro atoms. The molecule has 2 fully saturated rings. The molecular weight excluding hydrogens is 292 g/mol. The van der Waals surface area contributed by atoms with E-state index < -0.39 is 0 Å². The number of hydrogen-bond donors (Lipinski definition) is 2. The predicted molar refractivity (Wildman–Crippen MR) is 89.7 cm³/mol. The molecule has 1 heterocycles. The minimum atomic E-state index is -0.234. The Morgan fingerprint density at radius 1 is 1.30 bits per heavy atom. The van der Waals surface area contributed by atoms with E-state index in [4.69, 9.17) is 5.11 Å². The maximum Gasteiger partial charge on any atom is 0.225 e. The fourth-order valence-corrected chi connectivity index (χ4v) is 3.83. The van der Waals surface area contributed by atoms with Gasteiger partial charge in [-0.05, 0) is 43.9 Å². The minimum Gasteiger partial charge on any atom is -0.396 e. The first-order valence-corrected chi connectivity index (χ1v) is 9.13. The first-order chi connectivity index (χ1) is 10.9. The topological polar surface area (TPSA) is 69.6 Å². The van der Waals surface area contributed by atoms with Gasteiger partial charge in [0.2, 0.25) is 11.8 Å². The summed E-state index contributed by atoms with van der Waals surface area (Å²) in [5, 5.41) is 12.2. The third kappa shape index (κ3) is 4.69. The molecule has 0 radical (unpaired) electrons. The summed E-state index contributed by atoms with van der Waals surface area (Å²) in [5.41, 5.74) is 0. The van der Waals surface area contributed by atoms with E-state index in [1.54, 1.807) is 0 Å². The second kappa shape index (κ2) is 8.13. The molecule has 1 saturated heterocycles. The van der Waals surface area contributed by atoms with Crippen LogP contribution in [0, 0.1) is 17.8 Å². The zero-order chi connectivity index (χ0) is 17.0. The van der Waals surface area contributed by atoms with Crippen LogP contribution < -0.4 is 5.32 Å². The highest BCUT2D eigenvalue weighted by Gasteiger charge is 2.39. The lowest BCUT2D eigenvalue weighted by Gasteiger charge is -2.33. The van der Waals surface area contributed by atoms with Crippen molar-refractivity contribution in [3.63, 3.8) is 0 Å². The summed E-state index contributed by atoms with van der Waals surface area (Å²) < 4.78 is 0. The van der Waals surface area contributed by atoms with E-state index in [0.29, 0.717) is 25.4 Å². The summed E-state index contributed by atoms with van der Waals surface area (Å²) in [4.78, 5) is 26.8. The molecule has 5 nitrogen and oxygen atoms in total. The Morgan fingerprint density at radius 2 is 1.96 bits per heavy atom. The Hall–Kier alpha value is -1.10. The predicted octanol–water partition coefficient (Wildman–Crippen LogP) is 1.94. The highest BCUT2D eigenvalue weighted by atomic mass is 16.3. The molecule has 1 saturated carbocycles. The van der Waals surface area contributed by atoms with Crippen molar-refractivity contribution in [3.05, 3.63) is 0 Å². The number of hydrogen-bond acceptors (Lipinski definition) is 3. The molecule has 2 N–H and O–H groups in total. The molecule has 1 aliphatic heterocycles. The summed E-state index contributed by atoms with van der Waals surface area (Å²) >= 11 is 0. The van der Waals surface area contributed by atoms with E-state index in [0.717, 1.165) is 18.8 Å². The smallest absolute Gasteiger partial charge is 0.225 e. The molecule has 0 aromatic heterocycles. The van der Waals surface area contributed by atoms with Crippen LogP contribution >= 0.6 is 0 Å². The standard InChI is InChI=1S/C18H32N2O3/c1-12(2)16(8-9-21)19-18(23)14-10-17(22)20(11-14)15-6-4-13(3)5-7-15/h12-16,21H,4-11H2,1-3H3,(H,19,23)/t13?,14-,15?,16-/m0/s1. The van der Waals surface area contributed by atoms with Crippen LogP contribution in [0.5, 0.6) is 0 Å². The quantitative estimate of drug-likeness (QED) is 0.784. The van der Waals surface area contributed by atoms with Gasteiger partial charge in [-0.15, -0.1) is 0 Å². The van der Waals surface area contributed by atoms with Gasteiger partial charge in [-0.25, -0.2) is 0 Å². The minimum absolute atomic E-state index is 0.0211. The third-order valence-electron chi connectivity index (χ3n) is 5.53. The van der Waals surface area contributed by atoms with Gasteiger partial charge < -0.3 is 15.3 Å². The van der Waals surface area contributed by atoms with Gasteiger partial charge in [0.25, 0.3) is 0 Å². The second-order valence-electron chi connectivity index (χ2n) is 7.73. The van der Waals surface area contributed by atoms with Gasteiger partial charge in [0.15, 0.2) is 0 Å². The van der Waals surface area contributed by atoms with Gasteiger partial charge in [0, 0.05) is 31.7 Å². The largest absolute Gasteiger partial charge is 0.396 e. The number of rotatable bonds is 6. The van der Waals surface area contributed by atoms with Crippen LogP contribution in [0.25, 0.3) is 0 Å². The van der Waals surface area contributed by atoms with Crippen molar-refractivity contribution in [1.29, 1.82) is 0 Å². The van der Waals surface area contributed by atoms with Gasteiger partial charge in [-0.1, -0.05) is 20.8 Å². The number of aliphatic hydroxyl groups is 1. The van der Waals surface area contributed by atoms with Crippen molar-refractivity contribution in [1.82, 2.24) is 10.2 Å². The molecule has 0 aromatic rings. The third-order valence-corrected chi connectivity index (χ3v) is 5.53. The van der Waals surface area contributed by atoms with Gasteiger partial charge in [0.1, 0.15) is 0 Å². The lowest BCUT2D eigenvalue weighted by atomic mass is 9.86. The molecule has 2 rings (SSSR count). The summed E-state index contributed by atoms with van der Waals surface area (Å²) in [7, 11) is 0. The number of carbonyl (C=O) groups is 2. The fraction of sp³-hybridized carbons (Fsp3) is 0.889. The number of carbonyl (C=O) groups excluding carboxylic acids is 2. The van der Waals surface area contributed by atoms with Crippen molar-refractivity contribution in [2.24, 2.45) is 17.8 Å². The van der Waals surface area contributed by atoms with Crippen LogP contribution in [0.3, 0.4) is 0 Å². The van der Waals surface area contributed by atoms with E-state index in [1.165, 1.54) is 12.8 Å². The number of aliphatic hydroxyl groups excluding tert-OH is 1. The molecule has 2 aliphatic rings. The van der Waals surface area contributed by atoms with Crippen molar-refractivity contribution in [2.75, 3.05) is 13.2 Å². The normalized spacial score (nSPS) is 29.9. The molecule has 132 valence electrons. The van der Waals surface area contributed by atoms with Crippen LogP contribution in [-0.2, 0) is 9.59 Å². The lowest BCUT2D eigenvalue weighted by Crippen LogP contribution is -2.44. The molecule has 0 bridgehead atoms. The van der Waals surface area contributed by atoms with E-state index in [9.17, 15) is 9.59 Å². The number of likely N-dealkylation sites (tertiary alicyclic amines) is 1. The Bertz CT molecular complexity index is 416. The van der Waals surface area contributed by atoms with Crippen LogP contribution in [0.4, 0.5) is 0 Å². The second-order valence-corrected chi connectivity index (χ2v) is 7.73. The Labute approximate surface area is 139 Å². The highest BCUT2D eigenvalue weighted by Crippen LogP contribution is 2.31. The molecule has 23 heavy (non-hydrogen) atoms. The Kier molecular flexibility index (Phi) is 6.45. The molecule has 0 aromatic carbocycles. The molecule has 2 atom stereocenters. The summed E-state index contributed by atoms with van der Waals surface area (Å²) in [6.45, 7) is 6.98. The first-order valence-electron chi connectivity index (χ1n) is 9.13. The summed E-state index contributed by atoms with van der Waals surface area (Å²) in [6, 6.07) is 0.307. The van der Waals surface area contributed by atoms with E-state index in [1.807, 2.05) is 18.7 Å². The van der Waals surface area contributed by atoms with Crippen molar-refractivity contribution >= 4 is 11.8 Å². The van der Waals surface area contributed by atoms with E-state index >= 15 is 0 Å². The van der Waals surface area contributed by atoms with Gasteiger partial charge in [-0.2, -0.15) is 0 Å². The van der Waals surface area contributed by atoms with Gasteiger partial charge in [-0.3, -0.25) is 9.59 Å². The fourth-order valence-electron chi connectivity index (χ4n) is 3.83. The Morgan fingerprint density at radius 3 is 2.52 bits per heavy atom. The molecule has 2 amide bonds. The van der Waals surface area contributed by atoms with Crippen molar-refractivity contribution < 1.29 is 14.7 Å². The van der Waals surface area contributed by atoms with Crippen LogP contribution in [0.2, 0.25) is 0 Å². The van der Waals surface area contributed by atoms with Crippen molar-refractivity contribution in [2.45, 2.75) is 71.4 Å². The molecule has 0 unspecified atom stereocenters. The SMILES string of the molecule is CC1CCC(N2C[C@@H](C(=O)N[C@@H](CCO)C(C)C)CC2=O)CC1. The zero-order valence-corrected chi connectivity index (χ0v) is 14.8. The van der Waals surface area contributed by atoms with Gasteiger partial charge in [0.05, 0.1) is 5.92 Å². The lowest BCUT2D eigenvalue weighted by molar-refractivity contribution is -0.131. The Balaban J connectivity index is 1.89. The summed E-state index contributed by atoms with van der Waals surface area (Å²) in [6.07, 6.45) is 5.39. The van der Waals surface area contributed by atoms with Crippen LogP contribution in [-0.4, -0.2) is 47.1 Å². The van der Waals surface area contributed by atoms with Crippen LogP contribution in [0.1, 0.15) is 59.3 Å². The average Bonchev–Trinajstić information content (AvgIpc) is 2.89. The van der Waals surface area contributed by atoms with Gasteiger partial charge >= 0.3 is 0 Å². The molecule has 5 heteroatoms. The maximum absolute atomic E-state index is 12.5. The van der Waals surface area contributed by atoms with Crippen molar-refractivity contribution in [3.8, 4) is 0 Å². The van der Waals surface area contributed by atoms with Crippen LogP contribution in [0.15, 0.2) is 0 Å². The zero-order valence-electron chi connectivity index (χ0n) is 14.8. The average molecular weight is 324 g/mol. The summed E-state index contributed by atoms with van der Waals surface area (Å²) in [5.74, 6) is 0.902. The molecular formula is C18H32N2O3. The number of nitrogens with one attached hydrogen (secondary N) is 1. The monoisotopic (exact) mass is 324 g/mol. The van der Waals surface area contributed by atoms with E-state index in [2.05, 4.69) is 12.2 Å².